The molecule has 2 amide bonds. The van der Waals surface area contributed by atoms with Gasteiger partial charge in [0.1, 0.15) is 0 Å². The van der Waals surface area contributed by atoms with Crippen molar-refractivity contribution in [1.29, 1.82) is 0 Å². The molecule has 0 atom stereocenters. The standard InChI is InChI=1S/C14H15N3OS/c18-13(15-10-6-2-1-3-7-10)17-14-16-11-8-4-5-9-12(11)19-14/h1-3,6-7H,4-5,8-9H2,(H2,15,16,17,18). The third-order valence-electron chi connectivity index (χ3n) is 3.10. The second-order valence-electron chi connectivity index (χ2n) is 4.54. The lowest BCUT2D eigenvalue weighted by Gasteiger charge is -2.06. The third-order valence-corrected chi connectivity index (χ3v) is 4.17. The van der Waals surface area contributed by atoms with E-state index in [1.54, 1.807) is 11.3 Å². The highest BCUT2D eigenvalue weighted by Crippen LogP contribution is 2.29. The molecule has 1 aliphatic rings. The number of urea groups is 1. The number of hydrogen-bond acceptors (Lipinski definition) is 3. The molecule has 3 rings (SSSR count). The molecule has 98 valence electrons. The van der Waals surface area contributed by atoms with Gasteiger partial charge in [-0.1, -0.05) is 18.2 Å². The van der Waals surface area contributed by atoms with E-state index < -0.39 is 0 Å². The van der Waals surface area contributed by atoms with Crippen LogP contribution in [0, 0.1) is 0 Å². The lowest BCUT2D eigenvalue weighted by Crippen LogP contribution is -2.19. The Morgan fingerprint density at radius 3 is 2.68 bits per heavy atom. The quantitative estimate of drug-likeness (QED) is 0.877. The number of aromatic nitrogens is 1. The van der Waals surface area contributed by atoms with Crippen LogP contribution in [0.15, 0.2) is 30.3 Å². The average molecular weight is 273 g/mol. The number of amides is 2. The van der Waals surface area contributed by atoms with Crippen molar-refractivity contribution in [2.75, 3.05) is 10.6 Å². The van der Waals surface area contributed by atoms with Crippen LogP contribution in [0.2, 0.25) is 0 Å². The number of benzene rings is 1. The maximum atomic E-state index is 11.8. The van der Waals surface area contributed by atoms with Gasteiger partial charge in [0.05, 0.1) is 5.69 Å². The molecule has 1 heterocycles. The Morgan fingerprint density at radius 2 is 1.89 bits per heavy atom. The van der Waals surface area contributed by atoms with Crippen LogP contribution < -0.4 is 10.6 Å². The number of fused-ring (bicyclic) bond motifs is 1. The number of rotatable bonds is 2. The van der Waals surface area contributed by atoms with E-state index in [0.29, 0.717) is 5.13 Å². The topological polar surface area (TPSA) is 54.0 Å². The van der Waals surface area contributed by atoms with E-state index in [1.807, 2.05) is 30.3 Å². The van der Waals surface area contributed by atoms with E-state index in [9.17, 15) is 4.79 Å². The smallest absolute Gasteiger partial charge is 0.308 e. The summed E-state index contributed by atoms with van der Waals surface area (Å²) >= 11 is 1.59. The largest absolute Gasteiger partial charge is 0.325 e. The molecule has 0 fully saturated rings. The molecule has 1 aromatic heterocycles. The number of carbonyl (C=O) groups excluding carboxylic acids is 1. The number of thiazole rings is 1. The van der Waals surface area contributed by atoms with Gasteiger partial charge in [0.15, 0.2) is 5.13 Å². The Morgan fingerprint density at radius 1 is 1.11 bits per heavy atom. The normalized spacial score (nSPS) is 13.7. The number of anilines is 2. The van der Waals surface area contributed by atoms with Crippen molar-refractivity contribution >= 4 is 28.2 Å². The molecule has 0 bridgehead atoms. The Bertz CT molecular complexity index is 556. The van der Waals surface area contributed by atoms with Crippen LogP contribution in [-0.2, 0) is 12.8 Å². The summed E-state index contributed by atoms with van der Waals surface area (Å²) in [5.74, 6) is 0. The Hall–Kier alpha value is -1.88. The van der Waals surface area contributed by atoms with Gasteiger partial charge in [-0.25, -0.2) is 9.78 Å². The van der Waals surface area contributed by atoms with E-state index in [0.717, 1.165) is 24.2 Å². The van der Waals surface area contributed by atoms with Gasteiger partial charge in [0.2, 0.25) is 0 Å². The Kier molecular flexibility index (Phi) is 3.46. The SMILES string of the molecule is O=C(Nc1ccccc1)Nc1nc2c(s1)CCCC2. The van der Waals surface area contributed by atoms with E-state index in [4.69, 9.17) is 0 Å². The second-order valence-corrected chi connectivity index (χ2v) is 5.62. The van der Waals surface area contributed by atoms with Crippen molar-refractivity contribution in [3.63, 3.8) is 0 Å². The van der Waals surface area contributed by atoms with Crippen LogP contribution in [0.1, 0.15) is 23.4 Å². The van der Waals surface area contributed by atoms with Crippen molar-refractivity contribution in [3.8, 4) is 0 Å². The predicted octanol–water partition coefficient (Wildman–Crippen LogP) is 3.67. The van der Waals surface area contributed by atoms with Gasteiger partial charge in [-0.3, -0.25) is 5.32 Å². The molecular formula is C14H15N3OS. The highest BCUT2D eigenvalue weighted by Gasteiger charge is 2.16. The first-order valence-electron chi connectivity index (χ1n) is 6.43. The van der Waals surface area contributed by atoms with Crippen LogP contribution in [-0.4, -0.2) is 11.0 Å². The van der Waals surface area contributed by atoms with Crippen LogP contribution in [0.5, 0.6) is 0 Å². The molecule has 4 nitrogen and oxygen atoms in total. The van der Waals surface area contributed by atoms with Gasteiger partial charge < -0.3 is 5.32 Å². The van der Waals surface area contributed by atoms with Crippen LogP contribution in [0.25, 0.3) is 0 Å². The third kappa shape index (κ3) is 2.93. The molecule has 0 unspecified atom stereocenters. The lowest BCUT2D eigenvalue weighted by molar-refractivity contribution is 0.262. The van der Waals surface area contributed by atoms with Gasteiger partial charge in [-0.2, -0.15) is 0 Å². The summed E-state index contributed by atoms with van der Waals surface area (Å²) in [5.41, 5.74) is 1.94. The minimum absolute atomic E-state index is 0.239. The van der Waals surface area contributed by atoms with Crippen LogP contribution in [0.4, 0.5) is 15.6 Å². The van der Waals surface area contributed by atoms with Gasteiger partial charge in [0.25, 0.3) is 0 Å². The maximum Gasteiger partial charge on any atom is 0.325 e. The fourth-order valence-corrected chi connectivity index (χ4v) is 3.23. The minimum atomic E-state index is -0.239. The van der Waals surface area contributed by atoms with Gasteiger partial charge in [0, 0.05) is 10.6 Å². The number of nitrogens with zero attached hydrogens (tertiary/aromatic N) is 1. The van der Waals surface area contributed by atoms with E-state index >= 15 is 0 Å². The summed E-state index contributed by atoms with van der Waals surface area (Å²) in [6.07, 6.45) is 4.56. The summed E-state index contributed by atoms with van der Waals surface area (Å²) in [6, 6.07) is 9.16. The molecular weight excluding hydrogens is 258 g/mol. The maximum absolute atomic E-state index is 11.8. The molecule has 0 spiro atoms. The van der Waals surface area contributed by atoms with Crippen LogP contribution >= 0.6 is 11.3 Å². The summed E-state index contributed by atoms with van der Waals surface area (Å²) in [6.45, 7) is 0. The summed E-state index contributed by atoms with van der Waals surface area (Å²) in [5, 5.41) is 6.29. The average Bonchev–Trinajstić information content (AvgIpc) is 2.81. The number of nitrogens with one attached hydrogen (secondary N) is 2. The van der Waals surface area contributed by atoms with Crippen molar-refractivity contribution in [3.05, 3.63) is 40.9 Å². The fourth-order valence-electron chi connectivity index (χ4n) is 2.19. The van der Waals surface area contributed by atoms with Crippen molar-refractivity contribution < 1.29 is 4.79 Å². The van der Waals surface area contributed by atoms with Crippen molar-refractivity contribution in [1.82, 2.24) is 4.98 Å². The van der Waals surface area contributed by atoms with Crippen molar-refractivity contribution in [2.24, 2.45) is 0 Å². The first-order valence-corrected chi connectivity index (χ1v) is 7.24. The highest BCUT2D eigenvalue weighted by atomic mass is 32.1. The zero-order chi connectivity index (χ0) is 13.1. The number of hydrogen-bond donors (Lipinski definition) is 2. The Labute approximate surface area is 115 Å². The molecule has 19 heavy (non-hydrogen) atoms. The molecule has 2 N–H and O–H groups in total. The van der Waals surface area contributed by atoms with Crippen molar-refractivity contribution in [2.45, 2.75) is 25.7 Å². The molecule has 5 heteroatoms. The second kappa shape index (κ2) is 5.40. The summed E-state index contributed by atoms with van der Waals surface area (Å²) in [4.78, 5) is 17.6. The number of carbonyl (C=O) groups is 1. The predicted molar refractivity (Wildman–Crippen MR) is 77.8 cm³/mol. The first-order chi connectivity index (χ1) is 9.31. The first kappa shape index (κ1) is 12.2. The zero-order valence-corrected chi connectivity index (χ0v) is 11.3. The summed E-state index contributed by atoms with van der Waals surface area (Å²) in [7, 11) is 0. The highest BCUT2D eigenvalue weighted by molar-refractivity contribution is 7.15. The minimum Gasteiger partial charge on any atom is -0.308 e. The van der Waals surface area contributed by atoms with Gasteiger partial charge >= 0.3 is 6.03 Å². The van der Waals surface area contributed by atoms with E-state index in [1.165, 1.54) is 17.7 Å². The zero-order valence-electron chi connectivity index (χ0n) is 10.5. The van der Waals surface area contributed by atoms with E-state index in [2.05, 4.69) is 15.6 Å². The molecule has 1 aromatic carbocycles. The van der Waals surface area contributed by atoms with E-state index in [-0.39, 0.29) is 6.03 Å². The summed E-state index contributed by atoms with van der Waals surface area (Å²) < 4.78 is 0. The molecule has 0 saturated heterocycles. The molecule has 1 aliphatic carbocycles. The molecule has 0 aliphatic heterocycles. The van der Waals surface area contributed by atoms with Gasteiger partial charge in [-0.15, -0.1) is 11.3 Å². The molecule has 2 aromatic rings. The lowest BCUT2D eigenvalue weighted by atomic mass is 10.0. The molecule has 0 saturated carbocycles. The monoisotopic (exact) mass is 273 g/mol. The Balaban J connectivity index is 1.65. The molecule has 0 radical (unpaired) electrons. The van der Waals surface area contributed by atoms with Crippen LogP contribution in [0.3, 0.4) is 0 Å². The number of para-hydroxylation sites is 1. The van der Waals surface area contributed by atoms with Gasteiger partial charge in [-0.05, 0) is 37.8 Å². The fraction of sp³-hybridized carbons (Fsp3) is 0.286. The number of aryl methyl sites for hydroxylation is 2.